The minimum Gasteiger partial charge on any atom is -0.490 e. The Morgan fingerprint density at radius 3 is 2.33 bits per heavy atom. The number of ether oxygens (including phenoxy) is 1. The first-order chi connectivity index (χ1) is 6.97. The predicted molar refractivity (Wildman–Crippen MR) is 63.5 cm³/mol. The lowest BCUT2D eigenvalue weighted by molar-refractivity contribution is 0.303. The molecule has 0 unspecified atom stereocenters. The minimum absolute atomic E-state index is 0.224. The van der Waals surface area contributed by atoms with E-state index in [1.807, 2.05) is 0 Å². The third-order valence-corrected chi connectivity index (χ3v) is 2.83. The van der Waals surface area contributed by atoms with Gasteiger partial charge in [0.2, 0.25) is 0 Å². The van der Waals surface area contributed by atoms with Gasteiger partial charge in [0.15, 0.2) is 0 Å². The maximum Gasteiger partial charge on any atom is 0.119 e. The van der Waals surface area contributed by atoms with Crippen LogP contribution in [-0.4, -0.2) is 6.10 Å². The molecule has 1 fully saturated rings. The molecule has 1 aromatic rings. The zero-order valence-electron chi connectivity index (χ0n) is 10.1. The van der Waals surface area contributed by atoms with Crippen molar-refractivity contribution in [1.29, 1.82) is 0 Å². The summed E-state index contributed by atoms with van der Waals surface area (Å²) in [5, 5.41) is 0. The summed E-state index contributed by atoms with van der Waals surface area (Å²) in [6.45, 7) is 8.91. The third kappa shape index (κ3) is 2.53. The Balaban J connectivity index is 2.21. The Bertz CT molecular complexity index is 356. The average molecular weight is 204 g/mol. The highest BCUT2D eigenvalue weighted by atomic mass is 16.5. The van der Waals surface area contributed by atoms with Crippen LogP contribution in [0.4, 0.5) is 0 Å². The molecular weight excluding hydrogens is 184 g/mol. The van der Waals surface area contributed by atoms with Gasteiger partial charge in [-0.25, -0.2) is 0 Å². The van der Waals surface area contributed by atoms with Crippen molar-refractivity contribution in [2.45, 2.75) is 52.1 Å². The summed E-state index contributed by atoms with van der Waals surface area (Å²) < 4.78 is 5.77. The Hall–Kier alpha value is -0.980. The first kappa shape index (κ1) is 10.5. The van der Waals surface area contributed by atoms with E-state index in [0.717, 1.165) is 5.75 Å². The van der Waals surface area contributed by atoms with E-state index < -0.39 is 0 Å². The molecule has 0 aromatic heterocycles. The summed E-state index contributed by atoms with van der Waals surface area (Å²) in [6, 6.07) is 6.47. The molecule has 1 saturated carbocycles. The van der Waals surface area contributed by atoms with Gasteiger partial charge in [-0.2, -0.15) is 0 Å². The second-order valence-corrected chi connectivity index (χ2v) is 5.54. The Kier molecular flexibility index (Phi) is 2.49. The summed E-state index contributed by atoms with van der Waals surface area (Å²) in [4.78, 5) is 0. The first-order valence-electron chi connectivity index (χ1n) is 5.74. The summed E-state index contributed by atoms with van der Waals surface area (Å²) in [6.07, 6.45) is 2.94. The van der Waals surface area contributed by atoms with Crippen molar-refractivity contribution in [3.05, 3.63) is 29.3 Å². The summed E-state index contributed by atoms with van der Waals surface area (Å²) >= 11 is 0. The van der Waals surface area contributed by atoms with Crippen molar-refractivity contribution >= 4 is 0 Å². The Labute approximate surface area is 92.5 Å². The maximum absolute atomic E-state index is 5.77. The van der Waals surface area contributed by atoms with Gasteiger partial charge in [0.1, 0.15) is 5.75 Å². The predicted octanol–water partition coefficient (Wildman–Crippen LogP) is 3.83. The fraction of sp³-hybridized carbons (Fsp3) is 0.571. The van der Waals surface area contributed by atoms with Crippen LogP contribution in [0.1, 0.15) is 44.7 Å². The molecule has 0 spiro atoms. The molecule has 0 atom stereocenters. The molecule has 82 valence electrons. The lowest BCUT2D eigenvalue weighted by Gasteiger charge is -2.22. The van der Waals surface area contributed by atoms with Crippen LogP contribution >= 0.6 is 0 Å². The van der Waals surface area contributed by atoms with Crippen LogP contribution in [0.15, 0.2) is 18.2 Å². The molecule has 15 heavy (non-hydrogen) atoms. The minimum atomic E-state index is 0.224. The quantitative estimate of drug-likeness (QED) is 0.711. The highest BCUT2D eigenvalue weighted by Crippen LogP contribution is 2.31. The fourth-order valence-corrected chi connectivity index (χ4v) is 1.93. The monoisotopic (exact) mass is 204 g/mol. The van der Waals surface area contributed by atoms with E-state index in [9.17, 15) is 0 Å². The molecule has 0 aliphatic heterocycles. The molecule has 0 radical (unpaired) electrons. The van der Waals surface area contributed by atoms with Crippen LogP contribution in [0.5, 0.6) is 5.75 Å². The van der Waals surface area contributed by atoms with E-state index in [4.69, 9.17) is 4.74 Å². The van der Waals surface area contributed by atoms with Gasteiger partial charge in [0.25, 0.3) is 0 Å². The second kappa shape index (κ2) is 3.55. The standard InChI is InChI=1S/C14H20O/c1-10-9-12(15-11-5-6-11)7-8-13(10)14(2,3)4/h7-9,11H,5-6H2,1-4H3. The van der Waals surface area contributed by atoms with E-state index >= 15 is 0 Å². The van der Waals surface area contributed by atoms with Gasteiger partial charge in [-0.3, -0.25) is 0 Å². The molecule has 1 nitrogen and oxygen atoms in total. The molecular formula is C14H20O. The van der Waals surface area contributed by atoms with Gasteiger partial charge < -0.3 is 4.74 Å². The Morgan fingerprint density at radius 1 is 1.20 bits per heavy atom. The molecule has 1 heteroatoms. The van der Waals surface area contributed by atoms with E-state index in [1.54, 1.807) is 0 Å². The largest absolute Gasteiger partial charge is 0.490 e. The van der Waals surface area contributed by atoms with Crippen LogP contribution in [0, 0.1) is 6.92 Å². The molecule has 0 amide bonds. The molecule has 2 rings (SSSR count). The highest BCUT2D eigenvalue weighted by Gasteiger charge is 2.24. The second-order valence-electron chi connectivity index (χ2n) is 5.54. The molecule has 1 aromatic carbocycles. The number of hydrogen-bond donors (Lipinski definition) is 0. The SMILES string of the molecule is Cc1cc(OC2CC2)ccc1C(C)(C)C. The van der Waals surface area contributed by atoms with Gasteiger partial charge in [-0.15, -0.1) is 0 Å². The molecule has 0 bridgehead atoms. The molecule has 1 aliphatic carbocycles. The Morgan fingerprint density at radius 2 is 1.87 bits per heavy atom. The van der Waals surface area contributed by atoms with Crippen LogP contribution in [0.2, 0.25) is 0 Å². The van der Waals surface area contributed by atoms with Crippen LogP contribution in [-0.2, 0) is 5.41 Å². The van der Waals surface area contributed by atoms with E-state index in [-0.39, 0.29) is 5.41 Å². The topological polar surface area (TPSA) is 9.23 Å². The smallest absolute Gasteiger partial charge is 0.119 e. The summed E-state index contributed by atoms with van der Waals surface area (Å²) in [5.41, 5.74) is 2.97. The van der Waals surface area contributed by atoms with Crippen molar-refractivity contribution in [1.82, 2.24) is 0 Å². The van der Waals surface area contributed by atoms with Crippen LogP contribution in [0.25, 0.3) is 0 Å². The third-order valence-electron chi connectivity index (χ3n) is 2.83. The first-order valence-corrected chi connectivity index (χ1v) is 5.74. The van der Waals surface area contributed by atoms with Crippen molar-refractivity contribution in [3.63, 3.8) is 0 Å². The zero-order valence-corrected chi connectivity index (χ0v) is 10.1. The zero-order chi connectivity index (χ0) is 11.1. The van der Waals surface area contributed by atoms with Gasteiger partial charge in [0.05, 0.1) is 6.10 Å². The highest BCUT2D eigenvalue weighted by molar-refractivity contribution is 5.38. The normalized spacial score (nSPS) is 16.5. The van der Waals surface area contributed by atoms with Crippen molar-refractivity contribution in [3.8, 4) is 5.75 Å². The maximum atomic E-state index is 5.77. The van der Waals surface area contributed by atoms with Crippen molar-refractivity contribution in [2.75, 3.05) is 0 Å². The molecule has 0 N–H and O–H groups in total. The lowest BCUT2D eigenvalue weighted by atomic mass is 9.84. The summed E-state index contributed by atoms with van der Waals surface area (Å²) in [7, 11) is 0. The van der Waals surface area contributed by atoms with Crippen LogP contribution in [0.3, 0.4) is 0 Å². The average Bonchev–Trinajstić information content (AvgIpc) is 2.85. The van der Waals surface area contributed by atoms with E-state index in [2.05, 4.69) is 45.9 Å². The van der Waals surface area contributed by atoms with Crippen molar-refractivity contribution in [2.24, 2.45) is 0 Å². The van der Waals surface area contributed by atoms with Gasteiger partial charge in [0, 0.05) is 0 Å². The van der Waals surface area contributed by atoms with E-state index in [0.29, 0.717) is 6.10 Å². The lowest BCUT2D eigenvalue weighted by Crippen LogP contribution is -2.13. The number of rotatable bonds is 2. The number of hydrogen-bond acceptors (Lipinski definition) is 1. The van der Waals surface area contributed by atoms with E-state index in [1.165, 1.54) is 24.0 Å². The van der Waals surface area contributed by atoms with Crippen LogP contribution < -0.4 is 4.74 Å². The fourth-order valence-electron chi connectivity index (χ4n) is 1.93. The molecule has 0 saturated heterocycles. The number of benzene rings is 1. The summed E-state index contributed by atoms with van der Waals surface area (Å²) in [5.74, 6) is 1.03. The van der Waals surface area contributed by atoms with Crippen molar-refractivity contribution < 1.29 is 4.74 Å². The van der Waals surface area contributed by atoms with Gasteiger partial charge >= 0.3 is 0 Å². The molecule has 1 aliphatic rings. The molecule has 0 heterocycles. The van der Waals surface area contributed by atoms with Gasteiger partial charge in [-0.05, 0) is 48.4 Å². The number of aryl methyl sites for hydroxylation is 1. The van der Waals surface area contributed by atoms with Gasteiger partial charge in [-0.1, -0.05) is 26.8 Å².